The molecule has 1 aromatic rings. The Labute approximate surface area is 116 Å². The summed E-state index contributed by atoms with van der Waals surface area (Å²) in [6.07, 6.45) is 1.11. The first-order valence-corrected chi connectivity index (χ1v) is 7.02. The lowest BCUT2D eigenvalue weighted by Gasteiger charge is -2.40. The van der Waals surface area contributed by atoms with Gasteiger partial charge in [-0.3, -0.25) is 4.90 Å². The number of nitrogens with two attached hydrogens (primary N) is 1. The Morgan fingerprint density at radius 3 is 2.83 bits per heavy atom. The molecule has 0 saturated carbocycles. The van der Waals surface area contributed by atoms with Crippen molar-refractivity contribution in [3.8, 4) is 0 Å². The standard InChI is InChI=1S/C13H19BrFN3/c1-3-9-8-18(5-4-17(9)2)13-6-10(14)11(15)7-12(13)16/h6-7,9H,3-5,8,16H2,1-2H3. The van der Waals surface area contributed by atoms with Gasteiger partial charge in [0.05, 0.1) is 15.8 Å². The summed E-state index contributed by atoms with van der Waals surface area (Å²) in [5.41, 5.74) is 7.36. The molecule has 1 unspecified atom stereocenters. The van der Waals surface area contributed by atoms with E-state index < -0.39 is 0 Å². The van der Waals surface area contributed by atoms with Gasteiger partial charge in [-0.2, -0.15) is 0 Å². The molecular weight excluding hydrogens is 297 g/mol. The third-order valence-electron chi connectivity index (χ3n) is 3.66. The second-order valence-corrected chi connectivity index (χ2v) is 5.67. The lowest BCUT2D eigenvalue weighted by atomic mass is 10.1. The maximum Gasteiger partial charge on any atom is 0.139 e. The van der Waals surface area contributed by atoms with Crippen LogP contribution in [0.15, 0.2) is 16.6 Å². The van der Waals surface area contributed by atoms with E-state index in [0.29, 0.717) is 16.2 Å². The molecule has 1 fully saturated rings. The maximum absolute atomic E-state index is 13.4. The molecule has 5 heteroatoms. The summed E-state index contributed by atoms with van der Waals surface area (Å²) < 4.78 is 13.8. The van der Waals surface area contributed by atoms with E-state index in [-0.39, 0.29) is 5.82 Å². The van der Waals surface area contributed by atoms with Crippen LogP contribution in [0.4, 0.5) is 15.8 Å². The summed E-state index contributed by atoms with van der Waals surface area (Å²) in [7, 11) is 2.15. The van der Waals surface area contributed by atoms with Crippen LogP contribution >= 0.6 is 15.9 Å². The second-order valence-electron chi connectivity index (χ2n) is 4.81. The van der Waals surface area contributed by atoms with E-state index in [1.807, 2.05) is 0 Å². The number of rotatable bonds is 2. The molecule has 0 spiro atoms. The molecule has 0 aliphatic carbocycles. The molecule has 2 N–H and O–H groups in total. The summed E-state index contributed by atoms with van der Waals surface area (Å²) in [5, 5.41) is 0. The topological polar surface area (TPSA) is 32.5 Å². The van der Waals surface area contributed by atoms with Crippen molar-refractivity contribution in [2.24, 2.45) is 0 Å². The van der Waals surface area contributed by atoms with Gasteiger partial charge in [0.15, 0.2) is 0 Å². The monoisotopic (exact) mass is 315 g/mol. The third-order valence-corrected chi connectivity index (χ3v) is 4.27. The van der Waals surface area contributed by atoms with Gasteiger partial charge in [-0.1, -0.05) is 6.92 Å². The zero-order valence-corrected chi connectivity index (χ0v) is 12.4. The second kappa shape index (κ2) is 5.45. The van der Waals surface area contributed by atoms with E-state index in [2.05, 4.69) is 39.7 Å². The van der Waals surface area contributed by atoms with Crippen LogP contribution in [0.2, 0.25) is 0 Å². The fraction of sp³-hybridized carbons (Fsp3) is 0.538. The molecule has 0 amide bonds. The highest BCUT2D eigenvalue weighted by Crippen LogP contribution is 2.31. The molecule has 0 bridgehead atoms. The van der Waals surface area contributed by atoms with Gasteiger partial charge in [-0.25, -0.2) is 4.39 Å². The van der Waals surface area contributed by atoms with E-state index >= 15 is 0 Å². The first kappa shape index (κ1) is 13.6. The van der Waals surface area contributed by atoms with Crippen LogP contribution in [0.3, 0.4) is 0 Å². The molecule has 2 rings (SSSR count). The highest BCUT2D eigenvalue weighted by Gasteiger charge is 2.24. The number of halogens is 2. The third kappa shape index (κ3) is 2.62. The number of benzene rings is 1. The van der Waals surface area contributed by atoms with Crippen molar-refractivity contribution in [2.45, 2.75) is 19.4 Å². The predicted molar refractivity (Wildman–Crippen MR) is 77.4 cm³/mol. The lowest BCUT2D eigenvalue weighted by molar-refractivity contribution is 0.213. The Balaban J connectivity index is 2.24. The zero-order chi connectivity index (χ0) is 13.3. The fourth-order valence-corrected chi connectivity index (χ4v) is 2.76. The summed E-state index contributed by atoms with van der Waals surface area (Å²) in [6.45, 7) is 5.06. The number of hydrogen-bond donors (Lipinski definition) is 1. The molecular formula is C13H19BrFN3. The zero-order valence-electron chi connectivity index (χ0n) is 10.8. The Morgan fingerprint density at radius 2 is 2.17 bits per heavy atom. The van der Waals surface area contributed by atoms with E-state index in [4.69, 9.17) is 5.73 Å². The van der Waals surface area contributed by atoms with Gasteiger partial charge in [0.2, 0.25) is 0 Å². The highest BCUT2D eigenvalue weighted by molar-refractivity contribution is 9.10. The van der Waals surface area contributed by atoms with Gasteiger partial charge in [0, 0.05) is 31.7 Å². The minimum absolute atomic E-state index is 0.308. The Morgan fingerprint density at radius 1 is 1.44 bits per heavy atom. The molecule has 1 heterocycles. The largest absolute Gasteiger partial charge is 0.397 e. The van der Waals surface area contributed by atoms with Crippen LogP contribution in [-0.4, -0.2) is 37.6 Å². The van der Waals surface area contributed by atoms with Crippen molar-refractivity contribution >= 4 is 27.3 Å². The van der Waals surface area contributed by atoms with Gasteiger partial charge >= 0.3 is 0 Å². The summed E-state index contributed by atoms with van der Waals surface area (Å²) in [6, 6.07) is 3.70. The van der Waals surface area contributed by atoms with Crippen LogP contribution < -0.4 is 10.6 Å². The molecule has 3 nitrogen and oxygen atoms in total. The molecule has 0 aromatic heterocycles. The van der Waals surface area contributed by atoms with Crippen molar-refractivity contribution in [1.29, 1.82) is 0 Å². The molecule has 1 saturated heterocycles. The van der Waals surface area contributed by atoms with E-state index in [0.717, 1.165) is 31.7 Å². The normalized spacial score (nSPS) is 21.3. The lowest BCUT2D eigenvalue weighted by Crippen LogP contribution is -2.51. The quantitative estimate of drug-likeness (QED) is 0.852. The van der Waals surface area contributed by atoms with Crippen LogP contribution in [0, 0.1) is 5.82 Å². The Kier molecular flexibility index (Phi) is 4.12. The molecule has 1 aliphatic rings. The summed E-state index contributed by atoms with van der Waals surface area (Å²) in [5.74, 6) is -0.308. The number of piperazine rings is 1. The Bertz CT molecular complexity index is 438. The minimum atomic E-state index is -0.308. The van der Waals surface area contributed by atoms with Gasteiger partial charge in [0.1, 0.15) is 5.82 Å². The van der Waals surface area contributed by atoms with Crippen LogP contribution in [0.25, 0.3) is 0 Å². The Hall–Kier alpha value is -0.810. The van der Waals surface area contributed by atoms with E-state index in [1.54, 1.807) is 6.07 Å². The van der Waals surface area contributed by atoms with Gasteiger partial charge in [-0.05, 0) is 35.5 Å². The van der Waals surface area contributed by atoms with Crippen molar-refractivity contribution < 1.29 is 4.39 Å². The van der Waals surface area contributed by atoms with E-state index in [1.165, 1.54) is 6.07 Å². The van der Waals surface area contributed by atoms with Crippen molar-refractivity contribution in [3.63, 3.8) is 0 Å². The van der Waals surface area contributed by atoms with Crippen molar-refractivity contribution in [3.05, 3.63) is 22.4 Å². The number of hydrogen-bond acceptors (Lipinski definition) is 3. The summed E-state index contributed by atoms with van der Waals surface area (Å²) in [4.78, 5) is 4.61. The smallest absolute Gasteiger partial charge is 0.139 e. The molecule has 18 heavy (non-hydrogen) atoms. The highest BCUT2D eigenvalue weighted by atomic mass is 79.9. The number of anilines is 2. The molecule has 100 valence electrons. The predicted octanol–water partition coefficient (Wildman–Crippen LogP) is 2.70. The first-order valence-electron chi connectivity index (χ1n) is 6.22. The average Bonchev–Trinajstić information content (AvgIpc) is 2.35. The van der Waals surface area contributed by atoms with E-state index in [9.17, 15) is 4.39 Å². The SMILES string of the molecule is CCC1CN(c2cc(Br)c(F)cc2N)CCN1C. The fourth-order valence-electron chi connectivity index (χ4n) is 2.43. The summed E-state index contributed by atoms with van der Waals surface area (Å²) >= 11 is 3.22. The maximum atomic E-state index is 13.4. The van der Waals surface area contributed by atoms with Crippen molar-refractivity contribution in [1.82, 2.24) is 4.90 Å². The van der Waals surface area contributed by atoms with Crippen LogP contribution in [-0.2, 0) is 0 Å². The van der Waals surface area contributed by atoms with Crippen LogP contribution in [0.5, 0.6) is 0 Å². The molecule has 1 atom stereocenters. The number of nitrogens with zero attached hydrogens (tertiary/aromatic N) is 2. The van der Waals surface area contributed by atoms with Gasteiger partial charge < -0.3 is 10.6 Å². The first-order chi connectivity index (χ1) is 8.52. The van der Waals surface area contributed by atoms with Gasteiger partial charge in [-0.15, -0.1) is 0 Å². The molecule has 1 aliphatic heterocycles. The minimum Gasteiger partial charge on any atom is -0.397 e. The molecule has 1 aromatic carbocycles. The van der Waals surface area contributed by atoms with Crippen LogP contribution in [0.1, 0.15) is 13.3 Å². The molecule has 0 radical (unpaired) electrons. The number of nitrogen functional groups attached to an aromatic ring is 1. The van der Waals surface area contributed by atoms with Gasteiger partial charge in [0.25, 0.3) is 0 Å². The average molecular weight is 316 g/mol. The van der Waals surface area contributed by atoms with Crippen molar-refractivity contribution in [2.75, 3.05) is 37.3 Å². The number of likely N-dealkylation sites (N-methyl/N-ethyl adjacent to an activating group) is 1.